The number of carbonyl (C=O) groups is 1. The molecule has 0 radical (unpaired) electrons. The summed E-state index contributed by atoms with van der Waals surface area (Å²) in [6.45, 7) is 14.9. The molecule has 0 bridgehead atoms. The summed E-state index contributed by atoms with van der Waals surface area (Å²) >= 11 is 0. The van der Waals surface area contributed by atoms with Gasteiger partial charge in [0.1, 0.15) is 0 Å². The first-order valence-corrected chi connectivity index (χ1v) is 12.7. The number of para-hydroxylation sites is 1. The molecule has 2 aromatic heterocycles. The second-order valence-corrected chi connectivity index (χ2v) is 11.2. The van der Waals surface area contributed by atoms with Crippen molar-refractivity contribution in [1.29, 1.82) is 0 Å². The van der Waals surface area contributed by atoms with Gasteiger partial charge >= 0.3 is 0 Å². The van der Waals surface area contributed by atoms with E-state index in [1.165, 1.54) is 10.9 Å². The smallest absolute Gasteiger partial charge is 0.245 e. The van der Waals surface area contributed by atoms with Crippen molar-refractivity contribution < 1.29 is 4.79 Å². The third kappa shape index (κ3) is 5.87. The molecule has 3 heterocycles. The number of aromatic amines is 2. The number of piperazine rings is 1. The predicted molar refractivity (Wildman–Crippen MR) is 138 cm³/mol. The zero-order chi connectivity index (χ0) is 24.3. The van der Waals surface area contributed by atoms with Crippen molar-refractivity contribution in [2.24, 2.45) is 11.8 Å². The van der Waals surface area contributed by atoms with Gasteiger partial charge in [-0.25, -0.2) is 0 Å². The zero-order valence-corrected chi connectivity index (χ0v) is 21.4. The summed E-state index contributed by atoms with van der Waals surface area (Å²) in [7, 11) is 0. The first kappa shape index (κ1) is 24.5. The Balaban J connectivity index is 1.41. The number of hydrogen-bond acceptors (Lipinski definition) is 5. The number of Topliss-reactive ketones (excluding diaryl/α,β-unsaturated/α-hetero) is 1. The number of H-pyrrole nitrogens is 2. The van der Waals surface area contributed by atoms with Crippen LogP contribution in [-0.4, -0.2) is 62.6 Å². The molecule has 1 fully saturated rings. The minimum atomic E-state index is 0.0562. The summed E-state index contributed by atoms with van der Waals surface area (Å²) < 4.78 is 0. The van der Waals surface area contributed by atoms with Crippen LogP contribution in [0.15, 0.2) is 30.5 Å². The first-order chi connectivity index (χ1) is 16.2. The molecule has 7 nitrogen and oxygen atoms in total. The number of carbonyl (C=O) groups excluding carboxylic acids is 1. The lowest BCUT2D eigenvalue weighted by Gasteiger charge is -2.41. The van der Waals surface area contributed by atoms with Crippen LogP contribution in [0.2, 0.25) is 0 Å². The number of hydrogen-bond donors (Lipinski definition) is 2. The van der Waals surface area contributed by atoms with E-state index in [9.17, 15) is 4.79 Å². The highest BCUT2D eigenvalue weighted by Crippen LogP contribution is 2.27. The normalized spacial score (nSPS) is 16.5. The van der Waals surface area contributed by atoms with Gasteiger partial charge in [-0.05, 0) is 57.1 Å². The lowest BCUT2D eigenvalue weighted by Crippen LogP contribution is -2.53. The van der Waals surface area contributed by atoms with Crippen LogP contribution in [0.4, 0.5) is 5.95 Å². The summed E-state index contributed by atoms with van der Waals surface area (Å²) in [5, 5.41) is 8.57. The number of rotatable bonds is 9. The lowest BCUT2D eigenvalue weighted by atomic mass is 9.88. The van der Waals surface area contributed by atoms with Gasteiger partial charge in [-0.3, -0.25) is 14.8 Å². The SMILES string of the molecule is CC(C)CCC(CC(=O)c1nc(N2CCN(C(C)(C)C)CC2)n[nH]1)Cc1c[nH]c2ccccc12. The molecule has 0 saturated carbocycles. The van der Waals surface area contributed by atoms with Crippen LogP contribution in [0.25, 0.3) is 10.9 Å². The van der Waals surface area contributed by atoms with Crippen LogP contribution < -0.4 is 4.90 Å². The summed E-state index contributed by atoms with van der Waals surface area (Å²) in [6.07, 6.45) is 5.61. The number of benzene rings is 1. The first-order valence-electron chi connectivity index (χ1n) is 12.7. The van der Waals surface area contributed by atoms with Crippen molar-refractivity contribution in [2.75, 3.05) is 31.1 Å². The average molecular weight is 465 g/mol. The molecule has 34 heavy (non-hydrogen) atoms. The Morgan fingerprint density at radius 2 is 1.82 bits per heavy atom. The van der Waals surface area contributed by atoms with Crippen molar-refractivity contribution in [2.45, 2.75) is 65.8 Å². The molecule has 1 aliphatic heterocycles. The Kier molecular flexibility index (Phi) is 7.41. The van der Waals surface area contributed by atoms with E-state index in [-0.39, 0.29) is 17.2 Å². The molecule has 1 aliphatic rings. The Hall–Kier alpha value is -2.67. The second kappa shape index (κ2) is 10.3. The fourth-order valence-corrected chi connectivity index (χ4v) is 4.91. The Bertz CT molecular complexity index is 1080. The maximum Gasteiger partial charge on any atom is 0.245 e. The number of aromatic nitrogens is 4. The number of nitrogens with one attached hydrogen (secondary N) is 2. The van der Waals surface area contributed by atoms with E-state index < -0.39 is 0 Å². The molecule has 0 spiro atoms. The van der Waals surface area contributed by atoms with E-state index in [1.807, 2.05) is 6.07 Å². The molecule has 0 aliphatic carbocycles. The van der Waals surface area contributed by atoms with Crippen LogP contribution in [0.1, 0.15) is 70.1 Å². The predicted octanol–water partition coefficient (Wildman–Crippen LogP) is 5.07. The minimum Gasteiger partial charge on any atom is -0.361 e. The van der Waals surface area contributed by atoms with E-state index in [2.05, 4.69) is 89.0 Å². The van der Waals surface area contributed by atoms with Crippen molar-refractivity contribution in [3.05, 3.63) is 41.9 Å². The molecule has 184 valence electrons. The van der Waals surface area contributed by atoms with Crippen molar-refractivity contribution in [3.8, 4) is 0 Å². The van der Waals surface area contributed by atoms with Gasteiger partial charge in [0.15, 0.2) is 11.6 Å². The standard InChI is InChI=1S/C27H40N6O/c1-19(2)10-11-20(16-21-18-28-23-9-7-6-8-22(21)23)17-24(34)25-29-26(31-30-25)32-12-14-33(15-13-32)27(3,4)5/h6-9,18-20,28H,10-17H2,1-5H3,(H,29,30,31). The lowest BCUT2D eigenvalue weighted by molar-refractivity contribution is 0.0947. The van der Waals surface area contributed by atoms with Gasteiger partial charge < -0.3 is 9.88 Å². The van der Waals surface area contributed by atoms with E-state index in [0.29, 0.717) is 24.1 Å². The van der Waals surface area contributed by atoms with Crippen LogP contribution in [0.5, 0.6) is 0 Å². The number of nitrogens with zero attached hydrogens (tertiary/aromatic N) is 4. The second-order valence-electron chi connectivity index (χ2n) is 11.2. The monoisotopic (exact) mass is 464 g/mol. The summed E-state index contributed by atoms with van der Waals surface area (Å²) in [4.78, 5) is 25.8. The molecule has 3 aromatic rings. The Morgan fingerprint density at radius 3 is 2.53 bits per heavy atom. The fraction of sp³-hybridized carbons (Fsp3) is 0.593. The maximum absolute atomic E-state index is 13.2. The molecular formula is C27H40N6O. The molecule has 4 rings (SSSR count). The Morgan fingerprint density at radius 1 is 1.09 bits per heavy atom. The molecule has 1 atom stereocenters. The summed E-state index contributed by atoms with van der Waals surface area (Å²) in [5.74, 6) is 1.98. The topological polar surface area (TPSA) is 80.9 Å². The summed E-state index contributed by atoms with van der Waals surface area (Å²) in [5.41, 5.74) is 2.60. The zero-order valence-electron chi connectivity index (χ0n) is 21.4. The molecule has 1 saturated heterocycles. The van der Waals surface area contributed by atoms with Gasteiger partial charge in [-0.2, -0.15) is 4.98 Å². The maximum atomic E-state index is 13.2. The highest BCUT2D eigenvalue weighted by atomic mass is 16.1. The van der Waals surface area contributed by atoms with Gasteiger partial charge in [0.2, 0.25) is 5.95 Å². The van der Waals surface area contributed by atoms with E-state index >= 15 is 0 Å². The van der Waals surface area contributed by atoms with Crippen LogP contribution in [0, 0.1) is 11.8 Å². The van der Waals surface area contributed by atoms with E-state index in [0.717, 1.165) is 51.0 Å². The van der Waals surface area contributed by atoms with Crippen molar-refractivity contribution >= 4 is 22.6 Å². The highest BCUT2D eigenvalue weighted by Gasteiger charge is 2.28. The largest absolute Gasteiger partial charge is 0.361 e. The van der Waals surface area contributed by atoms with E-state index in [1.54, 1.807) is 0 Å². The molecular weight excluding hydrogens is 424 g/mol. The van der Waals surface area contributed by atoms with E-state index in [4.69, 9.17) is 0 Å². The number of ketones is 1. The van der Waals surface area contributed by atoms with Gasteiger partial charge in [0.25, 0.3) is 0 Å². The van der Waals surface area contributed by atoms with Crippen LogP contribution in [0.3, 0.4) is 0 Å². The van der Waals surface area contributed by atoms with Gasteiger partial charge in [0, 0.05) is 55.2 Å². The van der Waals surface area contributed by atoms with Crippen LogP contribution in [-0.2, 0) is 6.42 Å². The molecule has 0 amide bonds. The van der Waals surface area contributed by atoms with Crippen LogP contribution >= 0.6 is 0 Å². The molecule has 1 unspecified atom stereocenters. The third-order valence-corrected chi connectivity index (χ3v) is 7.06. The average Bonchev–Trinajstić information content (AvgIpc) is 3.45. The third-order valence-electron chi connectivity index (χ3n) is 7.06. The molecule has 2 N–H and O–H groups in total. The highest BCUT2D eigenvalue weighted by molar-refractivity contribution is 5.93. The van der Waals surface area contributed by atoms with Gasteiger partial charge in [-0.1, -0.05) is 38.5 Å². The minimum absolute atomic E-state index is 0.0562. The molecule has 1 aromatic carbocycles. The van der Waals surface area contributed by atoms with Crippen molar-refractivity contribution in [1.82, 2.24) is 25.1 Å². The summed E-state index contributed by atoms with van der Waals surface area (Å²) in [6, 6.07) is 8.38. The van der Waals surface area contributed by atoms with Crippen molar-refractivity contribution in [3.63, 3.8) is 0 Å². The van der Waals surface area contributed by atoms with Gasteiger partial charge in [-0.15, -0.1) is 5.10 Å². The van der Waals surface area contributed by atoms with Gasteiger partial charge in [0.05, 0.1) is 0 Å². The Labute approximate surface area is 203 Å². The quantitative estimate of drug-likeness (QED) is 0.432. The fourth-order valence-electron chi connectivity index (χ4n) is 4.91. The number of fused-ring (bicyclic) bond motifs is 1. The number of anilines is 1. The molecule has 7 heteroatoms.